The van der Waals surface area contributed by atoms with E-state index < -0.39 is 17.2 Å². The third-order valence-electron chi connectivity index (χ3n) is 6.71. The van der Waals surface area contributed by atoms with E-state index in [1.807, 2.05) is 19.1 Å². The lowest BCUT2D eigenvalue weighted by molar-refractivity contribution is -0.140. The monoisotopic (exact) mass is 423 g/mol. The summed E-state index contributed by atoms with van der Waals surface area (Å²) < 4.78 is 33.8. The van der Waals surface area contributed by atoms with Crippen LogP contribution in [0.5, 0.6) is 0 Å². The van der Waals surface area contributed by atoms with E-state index in [4.69, 9.17) is 11.2 Å². The van der Waals surface area contributed by atoms with E-state index in [-0.39, 0.29) is 18.2 Å². The minimum absolute atomic E-state index is 0.0730. The van der Waals surface area contributed by atoms with Crippen molar-refractivity contribution >= 4 is 11.7 Å². The van der Waals surface area contributed by atoms with Gasteiger partial charge < -0.3 is 14.5 Å². The molecule has 5 nitrogen and oxygen atoms in total. The Kier molecular flexibility index (Phi) is 4.71. The molecule has 1 aromatic heterocycles. The third kappa shape index (κ3) is 3.26. The predicted octanol–water partition coefficient (Wildman–Crippen LogP) is 3.71. The smallest absolute Gasteiger partial charge is 0.257 e. The van der Waals surface area contributed by atoms with Crippen LogP contribution in [0.3, 0.4) is 0 Å². The first-order valence-electron chi connectivity index (χ1n) is 10.6. The van der Waals surface area contributed by atoms with Crippen LogP contribution < -0.4 is 4.90 Å². The number of ether oxygens (including phenoxy) is 1. The number of fused-ring (bicyclic) bond motifs is 1. The molecule has 160 valence electrons. The Bertz CT molecular complexity index is 1070. The van der Waals surface area contributed by atoms with Gasteiger partial charge in [0.25, 0.3) is 5.91 Å². The van der Waals surface area contributed by atoms with Gasteiger partial charge in [-0.05, 0) is 49.6 Å². The number of hydrogen-bond acceptors (Lipinski definition) is 4. The highest BCUT2D eigenvalue weighted by Crippen LogP contribution is 2.48. The van der Waals surface area contributed by atoms with Gasteiger partial charge in [0.05, 0.1) is 11.7 Å². The van der Waals surface area contributed by atoms with Crippen molar-refractivity contribution in [1.82, 2.24) is 9.88 Å². The molecule has 7 heteroatoms. The Hall–Kier alpha value is -2.98. The quantitative estimate of drug-likeness (QED) is 0.691. The van der Waals surface area contributed by atoms with Crippen molar-refractivity contribution in [2.45, 2.75) is 50.5 Å². The molecule has 4 heterocycles. The van der Waals surface area contributed by atoms with Crippen molar-refractivity contribution in [3.8, 4) is 12.3 Å². The number of carbonyl (C=O) groups is 1. The van der Waals surface area contributed by atoms with Gasteiger partial charge in [-0.1, -0.05) is 5.92 Å². The number of anilines is 1. The lowest BCUT2D eigenvalue weighted by atomic mass is 9.89. The number of carbonyl (C=O) groups excluding carboxylic acids is 1. The molecule has 1 amide bonds. The Morgan fingerprint density at radius 2 is 1.87 bits per heavy atom. The molecule has 1 aromatic carbocycles. The van der Waals surface area contributed by atoms with Crippen LogP contribution in [0.2, 0.25) is 0 Å². The number of amides is 1. The topological polar surface area (TPSA) is 45.7 Å². The fourth-order valence-corrected chi connectivity index (χ4v) is 5.11. The normalized spacial score (nSPS) is 24.5. The first-order chi connectivity index (χ1) is 14.9. The highest BCUT2D eigenvalue weighted by atomic mass is 19.1. The maximum atomic E-state index is 13.8. The molecular weight excluding hydrogens is 400 g/mol. The molecule has 1 spiro atoms. The highest BCUT2D eigenvalue weighted by molar-refractivity contribution is 5.88. The minimum atomic E-state index is -0.875. The molecule has 31 heavy (non-hydrogen) atoms. The van der Waals surface area contributed by atoms with Crippen molar-refractivity contribution in [3.63, 3.8) is 0 Å². The van der Waals surface area contributed by atoms with Gasteiger partial charge in [0.1, 0.15) is 23.7 Å². The number of benzene rings is 1. The average Bonchev–Trinajstić information content (AvgIpc) is 3.26. The summed E-state index contributed by atoms with van der Waals surface area (Å²) in [6.45, 7) is 3.15. The molecule has 0 radical (unpaired) electrons. The van der Waals surface area contributed by atoms with Crippen LogP contribution in [-0.4, -0.2) is 40.7 Å². The predicted molar refractivity (Wildman–Crippen MR) is 111 cm³/mol. The zero-order valence-electron chi connectivity index (χ0n) is 17.3. The molecule has 3 saturated heterocycles. The maximum Gasteiger partial charge on any atom is 0.257 e. The van der Waals surface area contributed by atoms with E-state index in [2.05, 4.69) is 15.8 Å². The molecule has 0 saturated carbocycles. The molecule has 2 atom stereocenters. The number of halogens is 2. The lowest BCUT2D eigenvalue weighted by Gasteiger charge is -2.38. The summed E-state index contributed by atoms with van der Waals surface area (Å²) in [6, 6.07) is 6.90. The van der Waals surface area contributed by atoms with Gasteiger partial charge in [-0.15, -0.1) is 6.42 Å². The molecule has 3 aliphatic heterocycles. The molecular formula is C24H23F2N3O2. The molecule has 0 unspecified atom stereocenters. The molecule has 3 aliphatic rings. The van der Waals surface area contributed by atoms with E-state index in [0.717, 1.165) is 23.1 Å². The van der Waals surface area contributed by atoms with Crippen molar-refractivity contribution < 1.29 is 18.3 Å². The van der Waals surface area contributed by atoms with Gasteiger partial charge in [0.2, 0.25) is 0 Å². The van der Waals surface area contributed by atoms with E-state index >= 15 is 0 Å². The fraction of sp³-hybridized carbons (Fsp3) is 0.417. The SMILES string of the molecule is C#Cc1ccc(N2CCC3(CC2)O[C@@H]2CC[C@@H](c4cc(F)cc(F)c4)N2C3=O)nc1C. The second-order valence-electron chi connectivity index (χ2n) is 8.51. The van der Waals surface area contributed by atoms with Gasteiger partial charge in [-0.25, -0.2) is 13.8 Å². The molecule has 0 N–H and O–H groups in total. The Labute approximate surface area is 180 Å². The highest BCUT2D eigenvalue weighted by Gasteiger charge is 2.58. The van der Waals surface area contributed by atoms with Crippen LogP contribution in [0.4, 0.5) is 14.6 Å². The second-order valence-corrected chi connectivity index (χ2v) is 8.51. The Morgan fingerprint density at radius 3 is 2.52 bits per heavy atom. The molecule has 0 aliphatic carbocycles. The molecule has 2 aromatic rings. The van der Waals surface area contributed by atoms with Gasteiger partial charge in [-0.2, -0.15) is 0 Å². The maximum absolute atomic E-state index is 13.8. The van der Waals surface area contributed by atoms with Crippen LogP contribution in [0.1, 0.15) is 48.5 Å². The third-order valence-corrected chi connectivity index (χ3v) is 6.71. The van der Waals surface area contributed by atoms with E-state index in [1.165, 1.54) is 12.1 Å². The van der Waals surface area contributed by atoms with Crippen LogP contribution >= 0.6 is 0 Å². The summed E-state index contributed by atoms with van der Waals surface area (Å²) in [7, 11) is 0. The van der Waals surface area contributed by atoms with E-state index in [0.29, 0.717) is 44.3 Å². The van der Waals surface area contributed by atoms with Gasteiger partial charge in [0.15, 0.2) is 5.60 Å². The van der Waals surface area contributed by atoms with Crippen LogP contribution in [0.15, 0.2) is 30.3 Å². The first-order valence-corrected chi connectivity index (χ1v) is 10.6. The largest absolute Gasteiger partial charge is 0.356 e. The summed E-state index contributed by atoms with van der Waals surface area (Å²) in [5.74, 6) is 2.12. The average molecular weight is 423 g/mol. The number of pyridine rings is 1. The zero-order valence-corrected chi connectivity index (χ0v) is 17.3. The van der Waals surface area contributed by atoms with Crippen molar-refractivity contribution in [1.29, 1.82) is 0 Å². The van der Waals surface area contributed by atoms with Gasteiger partial charge in [-0.3, -0.25) is 4.79 Å². The fourth-order valence-electron chi connectivity index (χ4n) is 5.11. The standard InChI is InChI=1S/C24H23F2N3O2/c1-3-16-4-6-21(27-15(16)2)28-10-8-24(9-11-28)23(30)29-20(5-7-22(29)31-24)17-12-18(25)14-19(26)13-17/h1,4,6,12-14,20,22H,5,7-11H2,2H3/t20-,22+/m0/s1. The van der Waals surface area contributed by atoms with Gasteiger partial charge >= 0.3 is 0 Å². The van der Waals surface area contributed by atoms with E-state index in [9.17, 15) is 13.6 Å². The molecule has 5 rings (SSSR count). The number of rotatable bonds is 2. The van der Waals surface area contributed by atoms with Crippen molar-refractivity contribution in [2.24, 2.45) is 0 Å². The van der Waals surface area contributed by atoms with Crippen LogP contribution in [0.25, 0.3) is 0 Å². The second kappa shape index (κ2) is 7.31. The Morgan fingerprint density at radius 1 is 1.16 bits per heavy atom. The number of aromatic nitrogens is 1. The summed E-state index contributed by atoms with van der Waals surface area (Å²) in [4.78, 5) is 21.9. The summed E-state index contributed by atoms with van der Waals surface area (Å²) in [5, 5.41) is 0. The summed E-state index contributed by atoms with van der Waals surface area (Å²) >= 11 is 0. The number of hydrogen-bond donors (Lipinski definition) is 0. The summed E-state index contributed by atoms with van der Waals surface area (Å²) in [6.07, 6.45) is 7.52. The van der Waals surface area contributed by atoms with Crippen LogP contribution in [-0.2, 0) is 9.53 Å². The molecule has 0 bridgehead atoms. The van der Waals surface area contributed by atoms with Crippen LogP contribution in [0, 0.1) is 30.9 Å². The van der Waals surface area contributed by atoms with E-state index in [1.54, 1.807) is 4.90 Å². The van der Waals surface area contributed by atoms with Crippen molar-refractivity contribution in [2.75, 3.05) is 18.0 Å². The number of aryl methyl sites for hydroxylation is 1. The van der Waals surface area contributed by atoms with Crippen molar-refractivity contribution in [3.05, 3.63) is 58.8 Å². The molecule has 3 fully saturated rings. The number of nitrogens with zero attached hydrogens (tertiary/aromatic N) is 3. The first kappa shape index (κ1) is 20.0. The number of terminal acetylenes is 1. The minimum Gasteiger partial charge on any atom is -0.356 e. The summed E-state index contributed by atoms with van der Waals surface area (Å²) in [5.41, 5.74) is 1.19. The lowest BCUT2D eigenvalue weighted by Crippen LogP contribution is -2.50. The zero-order chi connectivity index (χ0) is 21.8. The van der Waals surface area contributed by atoms with Gasteiger partial charge in [0, 0.05) is 37.6 Å². The number of piperidine rings is 1. The Balaban J connectivity index is 1.33.